The summed E-state index contributed by atoms with van der Waals surface area (Å²) in [4.78, 5) is 0. The van der Waals surface area contributed by atoms with Crippen molar-refractivity contribution in [2.45, 2.75) is 25.5 Å². The summed E-state index contributed by atoms with van der Waals surface area (Å²) >= 11 is 0. The number of hydrogen-bond acceptors (Lipinski definition) is 4. The van der Waals surface area contributed by atoms with E-state index in [1.54, 1.807) is 13.3 Å². The molecule has 16 heavy (non-hydrogen) atoms. The molecule has 0 fully saturated rings. The molecule has 92 valence electrons. The Morgan fingerprint density at radius 3 is 3.00 bits per heavy atom. The third-order valence-corrected chi connectivity index (χ3v) is 2.43. The highest BCUT2D eigenvalue weighted by molar-refractivity contribution is 4.78. The minimum absolute atomic E-state index is 0.567. The molecule has 5 nitrogen and oxygen atoms in total. The summed E-state index contributed by atoms with van der Waals surface area (Å²) in [5, 5.41) is 17.2. The van der Waals surface area contributed by atoms with Crippen LogP contribution < -0.4 is 5.32 Å². The Labute approximate surface area is 96.4 Å². The molecule has 0 bridgehead atoms. The zero-order chi connectivity index (χ0) is 11.9. The van der Waals surface area contributed by atoms with Crippen LogP contribution in [0.2, 0.25) is 0 Å². The quantitative estimate of drug-likeness (QED) is 0.625. The Morgan fingerprint density at radius 1 is 1.56 bits per heavy atom. The first-order valence-electron chi connectivity index (χ1n) is 5.53. The molecular formula is C11H21N3O2. The van der Waals surface area contributed by atoms with E-state index in [4.69, 9.17) is 4.74 Å². The topological polar surface area (TPSA) is 59.3 Å². The summed E-state index contributed by atoms with van der Waals surface area (Å²) in [5.74, 6) is 0. The van der Waals surface area contributed by atoms with Crippen LogP contribution in [0, 0.1) is 0 Å². The Bertz CT molecular complexity index is 273. The summed E-state index contributed by atoms with van der Waals surface area (Å²) in [5.41, 5.74) is -0.708. The minimum atomic E-state index is -0.708. The highest BCUT2D eigenvalue weighted by Gasteiger charge is 2.18. The van der Waals surface area contributed by atoms with Gasteiger partial charge in [0.2, 0.25) is 0 Å². The molecule has 0 radical (unpaired) electrons. The lowest BCUT2D eigenvalue weighted by Gasteiger charge is -2.23. The van der Waals surface area contributed by atoms with Gasteiger partial charge >= 0.3 is 0 Å². The number of nitrogens with zero attached hydrogens (tertiary/aromatic N) is 2. The molecule has 1 aromatic heterocycles. The molecule has 0 aromatic carbocycles. The van der Waals surface area contributed by atoms with Gasteiger partial charge in [-0.2, -0.15) is 5.10 Å². The van der Waals surface area contributed by atoms with Gasteiger partial charge in [-0.15, -0.1) is 0 Å². The van der Waals surface area contributed by atoms with Crippen molar-refractivity contribution in [2.24, 2.45) is 0 Å². The van der Waals surface area contributed by atoms with Crippen LogP contribution >= 0.6 is 0 Å². The maximum atomic E-state index is 9.94. The highest BCUT2D eigenvalue weighted by atomic mass is 16.5. The van der Waals surface area contributed by atoms with E-state index >= 15 is 0 Å². The van der Waals surface area contributed by atoms with Crippen molar-refractivity contribution in [3.8, 4) is 0 Å². The number of hydrogen-bond donors (Lipinski definition) is 2. The van der Waals surface area contributed by atoms with Crippen molar-refractivity contribution in [1.82, 2.24) is 15.1 Å². The fraction of sp³-hybridized carbons (Fsp3) is 0.727. The van der Waals surface area contributed by atoms with E-state index in [1.807, 2.05) is 23.9 Å². The standard InChI is InChI=1S/C11H21N3O2/c1-11(15,4-9-16-2)10-12-6-8-14-7-3-5-13-14/h3,5,7,12,15H,4,6,8-10H2,1-2H3. The molecule has 1 rings (SSSR count). The van der Waals surface area contributed by atoms with Gasteiger partial charge in [-0.1, -0.05) is 0 Å². The number of nitrogens with one attached hydrogen (secondary N) is 1. The number of ether oxygens (including phenoxy) is 1. The fourth-order valence-corrected chi connectivity index (χ4v) is 1.39. The van der Waals surface area contributed by atoms with Crippen LogP contribution in [0.5, 0.6) is 0 Å². The van der Waals surface area contributed by atoms with Gasteiger partial charge in [-0.05, 0) is 13.0 Å². The van der Waals surface area contributed by atoms with E-state index in [0.29, 0.717) is 19.6 Å². The van der Waals surface area contributed by atoms with Gasteiger partial charge in [0.05, 0.1) is 12.1 Å². The summed E-state index contributed by atoms with van der Waals surface area (Å²) in [6.07, 6.45) is 4.32. The highest BCUT2D eigenvalue weighted by Crippen LogP contribution is 2.07. The molecule has 1 atom stereocenters. The monoisotopic (exact) mass is 227 g/mol. The SMILES string of the molecule is COCCC(C)(O)CNCCn1cccn1. The Balaban J connectivity index is 2.10. The molecule has 2 N–H and O–H groups in total. The largest absolute Gasteiger partial charge is 0.389 e. The molecule has 0 aliphatic carbocycles. The molecule has 1 heterocycles. The first-order chi connectivity index (χ1) is 7.64. The summed E-state index contributed by atoms with van der Waals surface area (Å²) in [7, 11) is 1.64. The normalized spacial score (nSPS) is 14.9. The van der Waals surface area contributed by atoms with Crippen LogP contribution in [0.1, 0.15) is 13.3 Å². The second kappa shape index (κ2) is 6.62. The van der Waals surface area contributed by atoms with Crippen LogP contribution in [0.3, 0.4) is 0 Å². The van der Waals surface area contributed by atoms with Crippen molar-refractivity contribution in [3.63, 3.8) is 0 Å². The first-order valence-corrected chi connectivity index (χ1v) is 5.53. The van der Waals surface area contributed by atoms with Crippen LogP contribution in [-0.2, 0) is 11.3 Å². The second-order valence-corrected chi connectivity index (χ2v) is 4.19. The van der Waals surface area contributed by atoms with E-state index in [1.165, 1.54) is 0 Å². The van der Waals surface area contributed by atoms with Crippen LogP contribution in [0.25, 0.3) is 0 Å². The van der Waals surface area contributed by atoms with Crippen molar-refractivity contribution in [1.29, 1.82) is 0 Å². The van der Waals surface area contributed by atoms with Crippen molar-refractivity contribution >= 4 is 0 Å². The van der Waals surface area contributed by atoms with Crippen molar-refractivity contribution in [2.75, 3.05) is 26.8 Å². The maximum absolute atomic E-state index is 9.94. The number of aromatic nitrogens is 2. The van der Waals surface area contributed by atoms with E-state index in [9.17, 15) is 5.11 Å². The summed E-state index contributed by atoms with van der Waals surface area (Å²) in [6.45, 7) is 4.57. The van der Waals surface area contributed by atoms with Crippen molar-refractivity contribution in [3.05, 3.63) is 18.5 Å². The number of aliphatic hydroxyl groups is 1. The lowest BCUT2D eigenvalue weighted by atomic mass is 10.0. The van der Waals surface area contributed by atoms with Crippen LogP contribution in [0.4, 0.5) is 0 Å². The molecule has 1 aromatic rings. The van der Waals surface area contributed by atoms with Crippen LogP contribution in [-0.4, -0.2) is 47.3 Å². The van der Waals surface area contributed by atoms with E-state index in [0.717, 1.165) is 13.1 Å². The van der Waals surface area contributed by atoms with E-state index in [-0.39, 0.29) is 0 Å². The molecule has 0 saturated heterocycles. The van der Waals surface area contributed by atoms with Gasteiger partial charge in [0.1, 0.15) is 0 Å². The zero-order valence-corrected chi connectivity index (χ0v) is 10.0. The molecule has 1 unspecified atom stereocenters. The van der Waals surface area contributed by atoms with Crippen LogP contribution in [0.15, 0.2) is 18.5 Å². The molecule has 0 amide bonds. The average molecular weight is 227 g/mol. The lowest BCUT2D eigenvalue weighted by Crippen LogP contribution is -2.39. The Kier molecular flexibility index (Phi) is 5.45. The second-order valence-electron chi connectivity index (χ2n) is 4.19. The maximum Gasteiger partial charge on any atom is 0.0765 e. The Hall–Kier alpha value is -0.910. The molecule has 0 aliphatic rings. The van der Waals surface area contributed by atoms with Gasteiger partial charge in [-0.3, -0.25) is 4.68 Å². The van der Waals surface area contributed by atoms with E-state index in [2.05, 4.69) is 10.4 Å². The third-order valence-electron chi connectivity index (χ3n) is 2.43. The number of methoxy groups -OCH3 is 1. The average Bonchev–Trinajstić information content (AvgIpc) is 2.75. The van der Waals surface area contributed by atoms with Gasteiger partial charge < -0.3 is 15.2 Å². The smallest absolute Gasteiger partial charge is 0.0765 e. The molecule has 0 spiro atoms. The number of rotatable bonds is 8. The van der Waals surface area contributed by atoms with Gasteiger partial charge in [-0.25, -0.2) is 0 Å². The van der Waals surface area contributed by atoms with Gasteiger partial charge in [0, 0.05) is 45.6 Å². The van der Waals surface area contributed by atoms with E-state index < -0.39 is 5.60 Å². The minimum Gasteiger partial charge on any atom is -0.389 e. The molecule has 5 heteroatoms. The first kappa shape index (κ1) is 13.2. The molecule has 0 saturated carbocycles. The van der Waals surface area contributed by atoms with Gasteiger partial charge in [0.15, 0.2) is 0 Å². The predicted molar refractivity (Wildman–Crippen MR) is 62.2 cm³/mol. The van der Waals surface area contributed by atoms with Gasteiger partial charge in [0.25, 0.3) is 0 Å². The third kappa shape index (κ3) is 5.25. The summed E-state index contributed by atoms with van der Waals surface area (Å²) < 4.78 is 6.80. The van der Waals surface area contributed by atoms with Crippen molar-refractivity contribution < 1.29 is 9.84 Å². The summed E-state index contributed by atoms with van der Waals surface area (Å²) in [6, 6.07) is 1.90. The zero-order valence-electron chi connectivity index (χ0n) is 10.0. The molecular weight excluding hydrogens is 206 g/mol. The Morgan fingerprint density at radius 2 is 2.38 bits per heavy atom. The lowest BCUT2D eigenvalue weighted by molar-refractivity contribution is 0.0249. The molecule has 0 aliphatic heterocycles. The predicted octanol–water partition coefficient (Wildman–Crippen LogP) is 0.260. The fourth-order valence-electron chi connectivity index (χ4n) is 1.39.